The number of nitro groups is 1. The van der Waals surface area contributed by atoms with Gasteiger partial charge in [-0.15, -0.1) is 0 Å². The third-order valence-electron chi connectivity index (χ3n) is 3.52. The number of nitrogens with zero attached hydrogens (tertiary/aromatic N) is 2. The highest BCUT2D eigenvalue weighted by Crippen LogP contribution is 2.27. The predicted octanol–water partition coefficient (Wildman–Crippen LogP) is 2.34. The third-order valence-corrected chi connectivity index (χ3v) is 4.21. The molecule has 0 radical (unpaired) electrons. The molecule has 2 rings (SSSR count). The van der Waals surface area contributed by atoms with E-state index < -0.39 is 10.5 Å². The van der Waals surface area contributed by atoms with Gasteiger partial charge in [0.05, 0.1) is 16.1 Å². The van der Waals surface area contributed by atoms with E-state index in [1.54, 1.807) is 11.8 Å². The zero-order valence-electron chi connectivity index (χ0n) is 11.0. The van der Waals surface area contributed by atoms with E-state index in [0.29, 0.717) is 30.4 Å². The van der Waals surface area contributed by atoms with Crippen molar-refractivity contribution in [3.05, 3.63) is 38.3 Å². The van der Waals surface area contributed by atoms with Crippen LogP contribution in [0.15, 0.2) is 22.7 Å². The lowest BCUT2D eigenvalue weighted by Gasteiger charge is -2.35. The Bertz CT molecular complexity index is 549. The van der Waals surface area contributed by atoms with Crippen molar-refractivity contribution in [3.8, 4) is 0 Å². The zero-order chi connectivity index (χ0) is 14.9. The summed E-state index contributed by atoms with van der Waals surface area (Å²) >= 11 is 3.25. The number of rotatable bonds is 2. The van der Waals surface area contributed by atoms with Crippen LogP contribution in [0.3, 0.4) is 0 Å². The van der Waals surface area contributed by atoms with Crippen LogP contribution >= 0.6 is 15.9 Å². The van der Waals surface area contributed by atoms with Crippen LogP contribution in [0.1, 0.15) is 30.1 Å². The third kappa shape index (κ3) is 3.16. The van der Waals surface area contributed by atoms with Crippen LogP contribution in [0.4, 0.5) is 5.69 Å². The smallest absolute Gasteiger partial charge is 0.270 e. The average Bonchev–Trinajstić information content (AvgIpc) is 2.38. The average molecular weight is 343 g/mol. The maximum Gasteiger partial charge on any atom is 0.270 e. The fourth-order valence-electron chi connectivity index (χ4n) is 2.15. The van der Waals surface area contributed by atoms with Gasteiger partial charge in [-0.1, -0.05) is 0 Å². The number of carbonyl (C=O) groups excluding carboxylic acids is 1. The molecule has 7 heteroatoms. The Balaban J connectivity index is 2.21. The molecule has 1 saturated heterocycles. The first kappa shape index (κ1) is 14.9. The molecule has 0 unspecified atom stereocenters. The SMILES string of the molecule is CC1(O)CCN(C(=O)c2cc([N+](=O)[O-])ccc2Br)CC1. The summed E-state index contributed by atoms with van der Waals surface area (Å²) in [5.41, 5.74) is -0.572. The molecule has 20 heavy (non-hydrogen) atoms. The summed E-state index contributed by atoms with van der Waals surface area (Å²) in [5.74, 6) is -0.254. The molecule has 0 aliphatic carbocycles. The molecule has 1 fully saturated rings. The lowest BCUT2D eigenvalue weighted by atomic mass is 9.93. The Kier molecular flexibility index (Phi) is 4.10. The topological polar surface area (TPSA) is 83.7 Å². The monoisotopic (exact) mass is 342 g/mol. The number of non-ortho nitro benzene ring substituents is 1. The van der Waals surface area contributed by atoms with Crippen molar-refractivity contribution in [2.45, 2.75) is 25.4 Å². The number of aliphatic hydroxyl groups is 1. The quantitative estimate of drug-likeness (QED) is 0.660. The minimum absolute atomic E-state index is 0.111. The summed E-state index contributed by atoms with van der Waals surface area (Å²) in [6, 6.07) is 4.13. The molecule has 6 nitrogen and oxygen atoms in total. The molecule has 1 heterocycles. The molecule has 1 aromatic rings. The van der Waals surface area contributed by atoms with Crippen molar-refractivity contribution in [1.82, 2.24) is 4.90 Å². The second kappa shape index (κ2) is 5.49. The molecule has 1 aliphatic rings. The number of piperidine rings is 1. The van der Waals surface area contributed by atoms with Gasteiger partial charge in [0.25, 0.3) is 11.6 Å². The fraction of sp³-hybridized carbons (Fsp3) is 0.462. The molecule has 1 amide bonds. The van der Waals surface area contributed by atoms with Gasteiger partial charge in [-0.05, 0) is 41.8 Å². The Morgan fingerprint density at radius 3 is 2.60 bits per heavy atom. The number of amides is 1. The summed E-state index contributed by atoms with van der Waals surface area (Å²) in [7, 11) is 0. The van der Waals surface area contributed by atoms with E-state index in [1.807, 2.05) is 0 Å². The van der Waals surface area contributed by atoms with Gasteiger partial charge in [0.2, 0.25) is 0 Å². The van der Waals surface area contributed by atoms with Crippen molar-refractivity contribution in [3.63, 3.8) is 0 Å². The summed E-state index contributed by atoms with van der Waals surface area (Å²) in [6.45, 7) is 2.64. The molecule has 1 N–H and O–H groups in total. The van der Waals surface area contributed by atoms with Gasteiger partial charge < -0.3 is 10.0 Å². The van der Waals surface area contributed by atoms with Crippen LogP contribution < -0.4 is 0 Å². The van der Waals surface area contributed by atoms with Crippen molar-refractivity contribution in [1.29, 1.82) is 0 Å². The van der Waals surface area contributed by atoms with Gasteiger partial charge in [0.15, 0.2) is 0 Å². The number of hydrogen-bond donors (Lipinski definition) is 1. The molecule has 0 aromatic heterocycles. The lowest BCUT2D eigenvalue weighted by molar-refractivity contribution is -0.384. The summed E-state index contributed by atoms with van der Waals surface area (Å²) < 4.78 is 0.533. The van der Waals surface area contributed by atoms with E-state index in [1.165, 1.54) is 18.2 Å². The van der Waals surface area contributed by atoms with Gasteiger partial charge in [-0.3, -0.25) is 14.9 Å². The largest absolute Gasteiger partial charge is 0.390 e. The van der Waals surface area contributed by atoms with Crippen LogP contribution in [-0.2, 0) is 0 Å². The second-order valence-electron chi connectivity index (χ2n) is 5.21. The first-order chi connectivity index (χ1) is 9.30. The van der Waals surface area contributed by atoms with Crippen LogP contribution in [0.25, 0.3) is 0 Å². The first-order valence-electron chi connectivity index (χ1n) is 6.26. The normalized spacial score (nSPS) is 17.9. The second-order valence-corrected chi connectivity index (χ2v) is 6.06. The number of likely N-dealkylation sites (tertiary alicyclic amines) is 1. The van der Waals surface area contributed by atoms with Crippen LogP contribution in [0.5, 0.6) is 0 Å². The summed E-state index contributed by atoms with van der Waals surface area (Å²) in [6.07, 6.45) is 1.01. The predicted molar refractivity (Wildman–Crippen MR) is 76.6 cm³/mol. The number of benzene rings is 1. The Morgan fingerprint density at radius 2 is 2.05 bits per heavy atom. The highest BCUT2D eigenvalue weighted by molar-refractivity contribution is 9.10. The van der Waals surface area contributed by atoms with Crippen molar-refractivity contribution in [2.75, 3.05) is 13.1 Å². The van der Waals surface area contributed by atoms with E-state index in [9.17, 15) is 20.0 Å². The Morgan fingerprint density at radius 1 is 1.45 bits per heavy atom. The summed E-state index contributed by atoms with van der Waals surface area (Å²) in [4.78, 5) is 24.3. The Hall–Kier alpha value is -1.47. The molecule has 0 saturated carbocycles. The molecule has 0 bridgehead atoms. The highest BCUT2D eigenvalue weighted by Gasteiger charge is 2.31. The maximum absolute atomic E-state index is 12.4. The van der Waals surface area contributed by atoms with Gasteiger partial charge in [-0.2, -0.15) is 0 Å². The van der Waals surface area contributed by atoms with E-state index in [0.717, 1.165) is 0 Å². The van der Waals surface area contributed by atoms with E-state index in [2.05, 4.69) is 15.9 Å². The molecule has 1 aromatic carbocycles. The standard InChI is InChI=1S/C13H15BrN2O4/c1-13(18)4-6-15(7-5-13)12(17)10-8-9(16(19)20)2-3-11(10)14/h2-3,8,18H,4-7H2,1H3. The first-order valence-corrected chi connectivity index (χ1v) is 7.05. The van der Waals surface area contributed by atoms with Crippen LogP contribution in [0, 0.1) is 10.1 Å². The molecule has 0 spiro atoms. The van der Waals surface area contributed by atoms with Crippen molar-refractivity contribution >= 4 is 27.5 Å². The van der Waals surface area contributed by atoms with Gasteiger partial charge in [0.1, 0.15) is 0 Å². The zero-order valence-corrected chi connectivity index (χ0v) is 12.6. The number of halogens is 1. The number of nitro benzene ring substituents is 1. The van der Waals surface area contributed by atoms with Crippen molar-refractivity contribution in [2.24, 2.45) is 0 Å². The summed E-state index contributed by atoms with van der Waals surface area (Å²) in [5, 5.41) is 20.7. The van der Waals surface area contributed by atoms with Gasteiger partial charge in [0, 0.05) is 29.7 Å². The maximum atomic E-state index is 12.4. The fourth-order valence-corrected chi connectivity index (χ4v) is 2.57. The van der Waals surface area contributed by atoms with E-state index in [-0.39, 0.29) is 17.2 Å². The minimum atomic E-state index is -0.739. The highest BCUT2D eigenvalue weighted by atomic mass is 79.9. The van der Waals surface area contributed by atoms with Crippen LogP contribution in [0.2, 0.25) is 0 Å². The molecule has 0 atom stereocenters. The van der Waals surface area contributed by atoms with E-state index >= 15 is 0 Å². The molecule has 1 aliphatic heterocycles. The number of carbonyl (C=O) groups is 1. The Labute approximate surface area is 124 Å². The van der Waals surface area contributed by atoms with Crippen LogP contribution in [-0.4, -0.2) is 39.5 Å². The minimum Gasteiger partial charge on any atom is -0.390 e. The van der Waals surface area contributed by atoms with Crippen molar-refractivity contribution < 1.29 is 14.8 Å². The van der Waals surface area contributed by atoms with Gasteiger partial charge in [-0.25, -0.2) is 0 Å². The lowest BCUT2D eigenvalue weighted by Crippen LogP contribution is -2.45. The molecular formula is C13H15BrN2O4. The molecular weight excluding hydrogens is 328 g/mol. The van der Waals surface area contributed by atoms with E-state index in [4.69, 9.17) is 0 Å². The van der Waals surface area contributed by atoms with Gasteiger partial charge >= 0.3 is 0 Å². The molecule has 108 valence electrons. The number of hydrogen-bond acceptors (Lipinski definition) is 4.